The molecule has 1 aliphatic carbocycles. The number of allylic oxidation sites excluding steroid dienone is 2. The zero-order valence-corrected chi connectivity index (χ0v) is 24.0. The summed E-state index contributed by atoms with van der Waals surface area (Å²) < 4.78 is 38.7. The van der Waals surface area contributed by atoms with Gasteiger partial charge in [-0.2, -0.15) is 13.2 Å². The molecule has 0 bridgehead atoms. The highest BCUT2D eigenvalue weighted by Crippen LogP contribution is 2.37. The number of hydrogen-bond acceptors (Lipinski definition) is 5. The third-order valence-corrected chi connectivity index (χ3v) is 7.93. The molecule has 1 saturated carbocycles. The number of hydrogen-bond donors (Lipinski definition) is 2. The summed E-state index contributed by atoms with van der Waals surface area (Å²) in [6.45, 7) is -0.0522. The smallest absolute Gasteiger partial charge is 0.446 e. The van der Waals surface area contributed by atoms with Crippen LogP contribution in [0.4, 0.5) is 13.2 Å². The van der Waals surface area contributed by atoms with Gasteiger partial charge in [-0.05, 0) is 72.0 Å². The zero-order valence-electron chi connectivity index (χ0n) is 23.2. The van der Waals surface area contributed by atoms with Crippen molar-refractivity contribution >= 4 is 40.8 Å². The second-order valence-corrected chi connectivity index (χ2v) is 11.4. The van der Waals surface area contributed by atoms with E-state index in [4.69, 9.17) is 5.11 Å². The Kier molecular flexibility index (Phi) is 10.6. The molecular weight excluding hydrogens is 579 g/mol. The highest BCUT2D eigenvalue weighted by atomic mass is 32.2. The van der Waals surface area contributed by atoms with Crippen molar-refractivity contribution in [2.75, 3.05) is 6.54 Å². The van der Waals surface area contributed by atoms with Crippen molar-refractivity contribution in [2.24, 2.45) is 0 Å². The van der Waals surface area contributed by atoms with Crippen LogP contribution in [-0.4, -0.2) is 40.6 Å². The molecule has 3 aromatic rings. The van der Waals surface area contributed by atoms with E-state index in [1.165, 1.54) is 48.9 Å². The van der Waals surface area contributed by atoms with Crippen LogP contribution in [-0.2, 0) is 4.79 Å². The minimum atomic E-state index is -4.52. The van der Waals surface area contributed by atoms with E-state index in [-0.39, 0.29) is 51.9 Å². The van der Waals surface area contributed by atoms with Gasteiger partial charge in [0.1, 0.15) is 0 Å². The van der Waals surface area contributed by atoms with Gasteiger partial charge in [0.05, 0.1) is 6.42 Å². The lowest BCUT2D eigenvalue weighted by molar-refractivity contribution is -0.136. The third-order valence-electron chi connectivity index (χ3n) is 7.20. The third kappa shape index (κ3) is 9.15. The van der Waals surface area contributed by atoms with Crippen LogP contribution < -0.4 is 5.32 Å². The number of rotatable bonds is 11. The van der Waals surface area contributed by atoms with Gasteiger partial charge in [0, 0.05) is 33.7 Å². The molecule has 43 heavy (non-hydrogen) atoms. The molecule has 0 saturated heterocycles. The number of thioether (sulfide) groups is 1. The molecule has 1 fully saturated rings. The lowest BCUT2D eigenvalue weighted by atomic mass is 9.83. The second-order valence-electron chi connectivity index (χ2n) is 10.3. The molecule has 0 heterocycles. The summed E-state index contributed by atoms with van der Waals surface area (Å²) in [5, 5.41) is 11.2. The Hall–Kier alpha value is -4.18. The normalized spacial score (nSPS) is 14.3. The molecule has 0 unspecified atom stereocenters. The van der Waals surface area contributed by atoms with Crippen LogP contribution in [0, 0.1) is 0 Å². The summed E-state index contributed by atoms with van der Waals surface area (Å²) in [6.07, 6.45) is 6.60. The lowest BCUT2D eigenvalue weighted by Gasteiger charge is -2.22. The number of halogens is 3. The van der Waals surface area contributed by atoms with Gasteiger partial charge in [-0.25, -0.2) is 0 Å². The van der Waals surface area contributed by atoms with Gasteiger partial charge in [0.15, 0.2) is 11.6 Å². The number of aliphatic carboxylic acids is 1. The Morgan fingerprint density at radius 3 is 2.09 bits per heavy atom. The van der Waals surface area contributed by atoms with Crippen LogP contribution >= 0.6 is 11.8 Å². The quantitative estimate of drug-likeness (QED) is 0.131. The molecule has 0 spiro atoms. The van der Waals surface area contributed by atoms with Crippen molar-refractivity contribution in [1.29, 1.82) is 0 Å². The Bertz CT molecular complexity index is 1510. The Labute approximate surface area is 251 Å². The maximum atomic E-state index is 13.7. The molecule has 224 valence electrons. The van der Waals surface area contributed by atoms with Gasteiger partial charge >= 0.3 is 11.5 Å². The van der Waals surface area contributed by atoms with E-state index < -0.39 is 29.0 Å². The van der Waals surface area contributed by atoms with Crippen LogP contribution in [0.3, 0.4) is 0 Å². The predicted molar refractivity (Wildman–Crippen MR) is 158 cm³/mol. The predicted octanol–water partition coefficient (Wildman–Crippen LogP) is 7.70. The van der Waals surface area contributed by atoms with E-state index in [0.29, 0.717) is 11.5 Å². The molecule has 2 N–H and O–H groups in total. The molecule has 3 aromatic carbocycles. The number of Topliss-reactive ketones (excluding diaryl/α,β-unsaturated/α-hetero) is 1. The monoisotopic (exact) mass is 609 g/mol. The molecule has 0 radical (unpaired) electrons. The second kappa shape index (κ2) is 14.3. The average molecular weight is 610 g/mol. The van der Waals surface area contributed by atoms with Crippen LogP contribution in [0.1, 0.15) is 86.6 Å². The lowest BCUT2D eigenvalue weighted by Crippen LogP contribution is -2.26. The Balaban J connectivity index is 1.63. The molecule has 1 aliphatic rings. The fraction of sp³-hybridized carbons (Fsp3) is 0.273. The minimum absolute atomic E-state index is 0.00626. The van der Waals surface area contributed by atoms with Crippen molar-refractivity contribution in [3.63, 3.8) is 0 Å². The standard InChI is InChI=1S/C33H30F3NO5S/c34-33(35,36)43-27-8-4-7-26(19-27)29(38)20-28(23-11-9-22(10-12-23)21-5-2-1-3-6-21)31(41)24-13-15-25(16-14-24)32(42)37-18-17-30(39)40/h4,7-16,19-21H,1-3,5-6,17-18H2,(H,37,42)(H,39,40). The average Bonchev–Trinajstić information content (AvgIpc) is 2.99. The van der Waals surface area contributed by atoms with E-state index in [1.54, 1.807) is 12.1 Å². The number of carbonyl (C=O) groups excluding carboxylic acids is 3. The van der Waals surface area contributed by atoms with Crippen LogP contribution in [0.25, 0.3) is 5.57 Å². The maximum absolute atomic E-state index is 13.7. The van der Waals surface area contributed by atoms with Gasteiger partial charge in [-0.3, -0.25) is 19.2 Å². The first-order valence-electron chi connectivity index (χ1n) is 13.9. The van der Waals surface area contributed by atoms with Crippen LogP contribution in [0.5, 0.6) is 0 Å². The summed E-state index contributed by atoms with van der Waals surface area (Å²) in [4.78, 5) is 49.9. The Morgan fingerprint density at radius 1 is 0.837 bits per heavy atom. The number of ketones is 2. The number of benzene rings is 3. The van der Waals surface area contributed by atoms with Gasteiger partial charge in [0.25, 0.3) is 5.91 Å². The minimum Gasteiger partial charge on any atom is -0.481 e. The van der Waals surface area contributed by atoms with Crippen molar-refractivity contribution < 1.29 is 37.5 Å². The summed E-state index contributed by atoms with van der Waals surface area (Å²) in [6, 6.07) is 18.3. The van der Waals surface area contributed by atoms with Gasteiger partial charge in [-0.1, -0.05) is 67.8 Å². The molecule has 4 rings (SSSR count). The highest BCUT2D eigenvalue weighted by molar-refractivity contribution is 8.00. The number of nitrogens with one attached hydrogen (secondary N) is 1. The van der Waals surface area contributed by atoms with Crippen molar-refractivity contribution in [3.05, 3.63) is 107 Å². The first-order chi connectivity index (χ1) is 20.5. The molecule has 0 aliphatic heterocycles. The van der Waals surface area contributed by atoms with E-state index >= 15 is 0 Å². The first-order valence-corrected chi connectivity index (χ1v) is 14.7. The Morgan fingerprint density at radius 2 is 1.47 bits per heavy atom. The number of alkyl halides is 3. The first kappa shape index (κ1) is 31.7. The van der Waals surface area contributed by atoms with Gasteiger partial charge in [0.2, 0.25) is 0 Å². The molecule has 6 nitrogen and oxygen atoms in total. The van der Waals surface area contributed by atoms with Crippen molar-refractivity contribution in [1.82, 2.24) is 5.32 Å². The van der Waals surface area contributed by atoms with E-state index in [2.05, 4.69) is 5.32 Å². The summed E-state index contributed by atoms with van der Waals surface area (Å²) in [7, 11) is 0. The number of amides is 1. The van der Waals surface area contributed by atoms with E-state index in [1.807, 2.05) is 12.1 Å². The number of carboxylic acid groups (broad SMARTS) is 1. The fourth-order valence-electron chi connectivity index (χ4n) is 5.03. The molecule has 10 heteroatoms. The van der Waals surface area contributed by atoms with Crippen molar-refractivity contribution in [3.8, 4) is 0 Å². The van der Waals surface area contributed by atoms with E-state index in [0.717, 1.165) is 43.4 Å². The molecule has 1 amide bonds. The molecule has 0 atom stereocenters. The summed E-state index contributed by atoms with van der Waals surface area (Å²) in [5.74, 6) is -2.25. The van der Waals surface area contributed by atoms with E-state index in [9.17, 15) is 32.3 Å². The van der Waals surface area contributed by atoms with Crippen molar-refractivity contribution in [2.45, 2.75) is 54.8 Å². The van der Waals surface area contributed by atoms with Crippen LogP contribution in [0.2, 0.25) is 0 Å². The SMILES string of the molecule is O=C(O)CCNC(=O)c1ccc(C(=O)C(=CC(=O)c2cccc(SC(F)(F)F)c2)c2ccc(C3CCCCC3)cc2)cc1. The maximum Gasteiger partial charge on any atom is 0.446 e. The number of carboxylic acids is 1. The fourth-order valence-corrected chi connectivity index (χ4v) is 5.62. The largest absolute Gasteiger partial charge is 0.481 e. The summed E-state index contributed by atoms with van der Waals surface area (Å²) >= 11 is -0.326. The van der Waals surface area contributed by atoms with Gasteiger partial charge in [-0.15, -0.1) is 0 Å². The zero-order chi connectivity index (χ0) is 31.0. The summed E-state index contributed by atoms with van der Waals surface area (Å²) in [5.41, 5.74) is -2.40. The highest BCUT2D eigenvalue weighted by Gasteiger charge is 2.29. The number of carbonyl (C=O) groups is 4. The van der Waals surface area contributed by atoms with Gasteiger partial charge < -0.3 is 10.4 Å². The topological polar surface area (TPSA) is 101 Å². The van der Waals surface area contributed by atoms with Crippen LogP contribution in [0.15, 0.2) is 83.8 Å². The molecule has 0 aromatic heterocycles. The molecular formula is C33H30F3NO5S.